The molecule has 0 heterocycles. The van der Waals surface area contributed by atoms with Gasteiger partial charge >= 0.3 is 0 Å². The van der Waals surface area contributed by atoms with E-state index in [0.717, 1.165) is 23.7 Å². The fourth-order valence-corrected chi connectivity index (χ4v) is 3.26. The zero-order chi connectivity index (χ0) is 15.4. The molecule has 2 rings (SSSR count). The van der Waals surface area contributed by atoms with Gasteiger partial charge in [-0.1, -0.05) is 11.6 Å². The molecule has 0 spiro atoms. The normalized spacial score (nSPS) is 22.9. The molecule has 1 amide bonds. The Labute approximate surface area is 138 Å². The third kappa shape index (κ3) is 4.34. The number of hydrogen-bond acceptors (Lipinski definition) is 3. The topological polar surface area (TPSA) is 47.6 Å². The van der Waals surface area contributed by atoms with Crippen molar-refractivity contribution in [1.29, 1.82) is 0 Å². The van der Waals surface area contributed by atoms with Crippen LogP contribution in [0.1, 0.15) is 26.2 Å². The van der Waals surface area contributed by atoms with E-state index >= 15 is 0 Å². The van der Waals surface area contributed by atoms with Crippen molar-refractivity contribution in [2.45, 2.75) is 44.4 Å². The Morgan fingerprint density at radius 1 is 1.48 bits per heavy atom. The maximum atomic E-state index is 12.2. The van der Waals surface area contributed by atoms with Crippen molar-refractivity contribution in [1.82, 2.24) is 5.32 Å². The molecule has 1 aliphatic carbocycles. The van der Waals surface area contributed by atoms with Crippen molar-refractivity contribution in [2.75, 3.05) is 7.11 Å². The molecule has 0 aromatic heterocycles. The van der Waals surface area contributed by atoms with E-state index in [1.54, 1.807) is 32.2 Å². The number of hydrogen-bond donors (Lipinski definition) is 1. The van der Waals surface area contributed by atoms with E-state index in [1.165, 1.54) is 0 Å². The molecule has 116 valence electrons. The van der Waals surface area contributed by atoms with E-state index in [0.29, 0.717) is 10.8 Å². The van der Waals surface area contributed by atoms with Crippen molar-refractivity contribution >= 4 is 33.4 Å². The van der Waals surface area contributed by atoms with Crippen molar-refractivity contribution in [2.24, 2.45) is 0 Å². The molecule has 4 nitrogen and oxygen atoms in total. The molecule has 1 aromatic carbocycles. The number of rotatable bonds is 5. The molecule has 0 saturated heterocycles. The molecule has 1 aliphatic rings. The Kier molecular flexibility index (Phi) is 5.90. The molecule has 6 heteroatoms. The monoisotopic (exact) mass is 375 g/mol. The lowest BCUT2D eigenvalue weighted by atomic mass is 10.2. The molecule has 0 aliphatic heterocycles. The average molecular weight is 377 g/mol. The number of nitrogens with one attached hydrogen (secondary N) is 1. The van der Waals surface area contributed by atoms with Crippen LogP contribution in [0.4, 0.5) is 0 Å². The Hall–Kier alpha value is -0.780. The summed E-state index contributed by atoms with van der Waals surface area (Å²) in [6.45, 7) is 1.73. The summed E-state index contributed by atoms with van der Waals surface area (Å²) in [5.74, 6) is 0.461. The fourth-order valence-electron chi connectivity index (χ4n) is 2.49. The summed E-state index contributed by atoms with van der Waals surface area (Å²) < 4.78 is 11.8. The smallest absolute Gasteiger partial charge is 0.261 e. The van der Waals surface area contributed by atoms with Gasteiger partial charge in [-0.05, 0) is 60.3 Å². The van der Waals surface area contributed by atoms with Gasteiger partial charge in [0.2, 0.25) is 0 Å². The number of carbonyl (C=O) groups excluding carboxylic acids is 1. The van der Waals surface area contributed by atoms with Crippen LogP contribution in [0.15, 0.2) is 22.7 Å². The molecule has 1 saturated carbocycles. The Balaban J connectivity index is 1.93. The van der Waals surface area contributed by atoms with Gasteiger partial charge in [-0.2, -0.15) is 0 Å². The van der Waals surface area contributed by atoms with Gasteiger partial charge in [-0.25, -0.2) is 0 Å². The minimum atomic E-state index is -0.583. The standard InChI is InChI=1S/C15H19BrClNO3/c1-9(21-13-7-6-10(17)8-11(13)16)15(19)18-12-4-3-5-14(12)20-2/h6-9,12,14H,3-5H2,1-2H3,(H,18,19)/t9-,12+,14+/m0/s1. The highest BCUT2D eigenvalue weighted by Crippen LogP contribution is 2.29. The van der Waals surface area contributed by atoms with Gasteiger partial charge in [0, 0.05) is 12.1 Å². The Morgan fingerprint density at radius 3 is 2.90 bits per heavy atom. The lowest BCUT2D eigenvalue weighted by Gasteiger charge is -2.22. The van der Waals surface area contributed by atoms with Crippen molar-refractivity contribution < 1.29 is 14.3 Å². The lowest BCUT2D eigenvalue weighted by molar-refractivity contribution is -0.128. The lowest BCUT2D eigenvalue weighted by Crippen LogP contribution is -2.46. The van der Waals surface area contributed by atoms with Gasteiger partial charge in [0.1, 0.15) is 5.75 Å². The van der Waals surface area contributed by atoms with Gasteiger partial charge < -0.3 is 14.8 Å². The van der Waals surface area contributed by atoms with Crippen LogP contribution in [0.25, 0.3) is 0 Å². The first-order chi connectivity index (χ1) is 10.0. The fraction of sp³-hybridized carbons (Fsp3) is 0.533. The van der Waals surface area contributed by atoms with E-state index in [9.17, 15) is 4.79 Å². The van der Waals surface area contributed by atoms with E-state index in [2.05, 4.69) is 21.2 Å². The SMILES string of the molecule is CO[C@@H]1CCC[C@H]1NC(=O)[C@H](C)Oc1ccc(Cl)cc1Br. The van der Waals surface area contributed by atoms with Gasteiger partial charge in [-0.3, -0.25) is 4.79 Å². The van der Waals surface area contributed by atoms with Crippen molar-refractivity contribution in [3.8, 4) is 5.75 Å². The van der Waals surface area contributed by atoms with Crippen LogP contribution in [0.2, 0.25) is 5.02 Å². The minimum absolute atomic E-state index is 0.0715. The third-order valence-electron chi connectivity index (χ3n) is 3.65. The highest BCUT2D eigenvalue weighted by molar-refractivity contribution is 9.10. The Morgan fingerprint density at radius 2 is 2.24 bits per heavy atom. The highest BCUT2D eigenvalue weighted by atomic mass is 79.9. The van der Waals surface area contributed by atoms with Gasteiger partial charge in [0.05, 0.1) is 16.6 Å². The van der Waals surface area contributed by atoms with E-state index in [4.69, 9.17) is 21.1 Å². The predicted octanol–water partition coefficient (Wildman–Crippen LogP) is 3.55. The maximum Gasteiger partial charge on any atom is 0.261 e. The first-order valence-corrected chi connectivity index (χ1v) is 8.13. The van der Waals surface area contributed by atoms with Gasteiger partial charge in [0.25, 0.3) is 5.91 Å². The van der Waals surface area contributed by atoms with Crippen LogP contribution in [-0.2, 0) is 9.53 Å². The second kappa shape index (κ2) is 7.47. The quantitative estimate of drug-likeness (QED) is 0.855. The molecule has 21 heavy (non-hydrogen) atoms. The van der Waals surface area contributed by atoms with E-state index in [-0.39, 0.29) is 18.1 Å². The summed E-state index contributed by atoms with van der Waals surface area (Å²) in [5, 5.41) is 3.61. The molecule has 0 bridgehead atoms. The number of carbonyl (C=O) groups is 1. The average Bonchev–Trinajstić information content (AvgIpc) is 2.89. The maximum absolute atomic E-state index is 12.2. The zero-order valence-electron chi connectivity index (χ0n) is 12.1. The van der Waals surface area contributed by atoms with E-state index in [1.807, 2.05) is 0 Å². The molecule has 1 N–H and O–H groups in total. The predicted molar refractivity (Wildman–Crippen MR) is 85.8 cm³/mol. The first-order valence-electron chi connectivity index (χ1n) is 6.96. The highest BCUT2D eigenvalue weighted by Gasteiger charge is 2.30. The van der Waals surface area contributed by atoms with Crippen LogP contribution < -0.4 is 10.1 Å². The number of ether oxygens (including phenoxy) is 2. The summed E-state index contributed by atoms with van der Waals surface area (Å²) in [6, 6.07) is 5.27. The Bertz CT molecular complexity index is 512. The number of methoxy groups -OCH3 is 1. The number of halogens is 2. The molecular formula is C15H19BrClNO3. The van der Waals surface area contributed by atoms with Crippen molar-refractivity contribution in [3.63, 3.8) is 0 Å². The van der Waals surface area contributed by atoms with Crippen LogP contribution in [0, 0.1) is 0 Å². The molecule has 1 fully saturated rings. The van der Waals surface area contributed by atoms with Crippen LogP contribution >= 0.6 is 27.5 Å². The van der Waals surface area contributed by atoms with Crippen molar-refractivity contribution in [3.05, 3.63) is 27.7 Å². The van der Waals surface area contributed by atoms with Crippen LogP contribution in [0.5, 0.6) is 5.75 Å². The van der Waals surface area contributed by atoms with Gasteiger partial charge in [-0.15, -0.1) is 0 Å². The third-order valence-corrected chi connectivity index (χ3v) is 4.50. The first kappa shape index (κ1) is 16.6. The van der Waals surface area contributed by atoms with Crippen LogP contribution in [0.3, 0.4) is 0 Å². The largest absolute Gasteiger partial charge is 0.480 e. The molecule has 3 atom stereocenters. The summed E-state index contributed by atoms with van der Waals surface area (Å²) >= 11 is 9.26. The summed E-state index contributed by atoms with van der Waals surface area (Å²) in [4.78, 5) is 12.2. The second-order valence-electron chi connectivity index (χ2n) is 5.15. The van der Waals surface area contributed by atoms with Crippen LogP contribution in [-0.4, -0.2) is 31.3 Å². The van der Waals surface area contributed by atoms with E-state index < -0.39 is 6.10 Å². The van der Waals surface area contributed by atoms with Gasteiger partial charge in [0.15, 0.2) is 6.10 Å². The summed E-state index contributed by atoms with van der Waals surface area (Å²) in [6.07, 6.45) is 2.52. The molecule has 0 radical (unpaired) electrons. The molecule has 1 aromatic rings. The molecule has 0 unspecified atom stereocenters. The summed E-state index contributed by atoms with van der Waals surface area (Å²) in [7, 11) is 1.68. The zero-order valence-corrected chi connectivity index (χ0v) is 14.4. The number of benzene rings is 1. The number of amides is 1. The molecular weight excluding hydrogens is 358 g/mol. The second-order valence-corrected chi connectivity index (χ2v) is 6.45. The summed E-state index contributed by atoms with van der Waals surface area (Å²) in [5.41, 5.74) is 0. The minimum Gasteiger partial charge on any atom is -0.480 e.